The van der Waals surface area contributed by atoms with Gasteiger partial charge in [0.1, 0.15) is 0 Å². The summed E-state index contributed by atoms with van der Waals surface area (Å²) in [5, 5.41) is 3.57. The highest BCUT2D eigenvalue weighted by Crippen LogP contribution is 2.34. The van der Waals surface area contributed by atoms with Crippen molar-refractivity contribution < 1.29 is 14.3 Å². The van der Waals surface area contributed by atoms with Gasteiger partial charge in [0.05, 0.1) is 6.61 Å². The Balaban J connectivity index is 2.12. The minimum Gasteiger partial charge on any atom is -0.450 e. The fourth-order valence-corrected chi connectivity index (χ4v) is 2.68. The predicted molar refractivity (Wildman–Crippen MR) is 78.2 cm³/mol. The lowest BCUT2D eigenvalue weighted by Crippen LogP contribution is -2.44. The Hall–Kier alpha value is -1.26. The monoisotopic (exact) mass is 297 g/mol. The van der Waals surface area contributed by atoms with Crippen LogP contribution < -0.4 is 5.32 Å². The van der Waals surface area contributed by atoms with E-state index >= 15 is 0 Å². The molecule has 4 nitrogen and oxygen atoms in total. The standard InChI is InChI=1S/C15H20ClNO3/c1-2-20-14(18)17-11-15(7-9-19-10-8-15)12-3-5-13(16)6-4-12/h3-6H,2,7-11H2,1H3,(H,17,18). The number of benzene rings is 1. The first-order valence-corrected chi connectivity index (χ1v) is 7.28. The highest BCUT2D eigenvalue weighted by atomic mass is 35.5. The number of amides is 1. The first kappa shape index (κ1) is 15.1. The third-order valence-electron chi connectivity index (χ3n) is 3.75. The van der Waals surface area contributed by atoms with Crippen molar-refractivity contribution in [2.24, 2.45) is 0 Å². The van der Waals surface area contributed by atoms with Crippen LogP contribution in [0.2, 0.25) is 5.02 Å². The van der Waals surface area contributed by atoms with E-state index in [1.54, 1.807) is 6.92 Å². The average Bonchev–Trinajstić information content (AvgIpc) is 2.47. The summed E-state index contributed by atoms with van der Waals surface area (Å²) in [7, 11) is 0. The molecule has 1 aromatic carbocycles. The molecule has 5 heteroatoms. The molecule has 0 aromatic heterocycles. The van der Waals surface area contributed by atoms with Gasteiger partial charge in [-0.15, -0.1) is 0 Å². The molecule has 1 fully saturated rings. The molecule has 2 rings (SSSR count). The van der Waals surface area contributed by atoms with E-state index in [1.807, 2.05) is 24.3 Å². The SMILES string of the molecule is CCOC(=O)NCC1(c2ccc(Cl)cc2)CCOCC1. The Morgan fingerprint density at radius 3 is 2.60 bits per heavy atom. The minimum atomic E-state index is -0.368. The summed E-state index contributed by atoms with van der Waals surface area (Å²) in [6.07, 6.45) is 1.38. The Bertz CT molecular complexity index is 441. The minimum absolute atomic E-state index is 0.102. The van der Waals surface area contributed by atoms with Gasteiger partial charge >= 0.3 is 6.09 Å². The highest BCUT2D eigenvalue weighted by Gasteiger charge is 2.34. The van der Waals surface area contributed by atoms with E-state index in [-0.39, 0.29) is 11.5 Å². The Morgan fingerprint density at radius 1 is 1.35 bits per heavy atom. The van der Waals surface area contributed by atoms with Crippen molar-refractivity contribution in [3.63, 3.8) is 0 Å². The van der Waals surface area contributed by atoms with Crippen molar-refractivity contribution in [3.05, 3.63) is 34.9 Å². The van der Waals surface area contributed by atoms with Crippen LogP contribution in [-0.4, -0.2) is 32.5 Å². The lowest BCUT2D eigenvalue weighted by molar-refractivity contribution is 0.0490. The second kappa shape index (κ2) is 6.95. The van der Waals surface area contributed by atoms with E-state index < -0.39 is 0 Å². The summed E-state index contributed by atoms with van der Waals surface area (Å²) in [5.74, 6) is 0. The number of alkyl carbamates (subject to hydrolysis) is 1. The van der Waals surface area contributed by atoms with Gasteiger partial charge in [0, 0.05) is 30.2 Å². The number of halogens is 1. The number of ether oxygens (including phenoxy) is 2. The molecular weight excluding hydrogens is 278 g/mol. The van der Waals surface area contributed by atoms with E-state index in [9.17, 15) is 4.79 Å². The van der Waals surface area contributed by atoms with Crippen LogP contribution in [0.3, 0.4) is 0 Å². The third-order valence-corrected chi connectivity index (χ3v) is 4.01. The molecular formula is C15H20ClNO3. The van der Waals surface area contributed by atoms with Gasteiger partial charge in [-0.3, -0.25) is 0 Å². The van der Waals surface area contributed by atoms with Gasteiger partial charge in [-0.1, -0.05) is 23.7 Å². The van der Waals surface area contributed by atoms with E-state index in [1.165, 1.54) is 5.56 Å². The third kappa shape index (κ3) is 3.64. The van der Waals surface area contributed by atoms with Gasteiger partial charge in [0.15, 0.2) is 0 Å². The van der Waals surface area contributed by atoms with Crippen molar-refractivity contribution in [1.82, 2.24) is 5.32 Å². The molecule has 0 bridgehead atoms. The van der Waals surface area contributed by atoms with Crippen LogP contribution in [0.4, 0.5) is 4.79 Å². The maximum atomic E-state index is 11.5. The van der Waals surface area contributed by atoms with Gasteiger partial charge in [-0.25, -0.2) is 4.79 Å². The number of hydrogen-bond acceptors (Lipinski definition) is 3. The molecule has 1 saturated heterocycles. The number of rotatable bonds is 4. The normalized spacial score (nSPS) is 17.5. The summed E-state index contributed by atoms with van der Waals surface area (Å²) in [4.78, 5) is 11.5. The zero-order valence-electron chi connectivity index (χ0n) is 11.7. The maximum Gasteiger partial charge on any atom is 0.407 e. The number of carbonyl (C=O) groups excluding carboxylic acids is 1. The highest BCUT2D eigenvalue weighted by molar-refractivity contribution is 6.30. The molecule has 0 unspecified atom stereocenters. The zero-order chi connectivity index (χ0) is 14.4. The largest absolute Gasteiger partial charge is 0.450 e. The Kier molecular flexibility index (Phi) is 5.26. The summed E-state index contributed by atoms with van der Waals surface area (Å²) in [6.45, 7) is 4.13. The first-order valence-electron chi connectivity index (χ1n) is 6.91. The maximum absolute atomic E-state index is 11.5. The van der Waals surface area contributed by atoms with E-state index in [0.29, 0.717) is 31.4 Å². The van der Waals surface area contributed by atoms with Crippen LogP contribution in [-0.2, 0) is 14.9 Å². The fourth-order valence-electron chi connectivity index (χ4n) is 2.56. The number of nitrogens with one attached hydrogen (secondary N) is 1. The summed E-state index contributed by atoms with van der Waals surface area (Å²) in [5.41, 5.74) is 1.08. The Labute approximate surface area is 124 Å². The van der Waals surface area contributed by atoms with Crippen LogP contribution in [0, 0.1) is 0 Å². The smallest absolute Gasteiger partial charge is 0.407 e. The molecule has 1 N–H and O–H groups in total. The quantitative estimate of drug-likeness (QED) is 0.929. The number of carbonyl (C=O) groups is 1. The van der Waals surface area contributed by atoms with Gasteiger partial charge < -0.3 is 14.8 Å². The van der Waals surface area contributed by atoms with Crippen LogP contribution in [0.1, 0.15) is 25.3 Å². The van der Waals surface area contributed by atoms with E-state index in [2.05, 4.69) is 5.32 Å². The van der Waals surface area contributed by atoms with Crippen LogP contribution in [0.25, 0.3) is 0 Å². The summed E-state index contributed by atoms with van der Waals surface area (Å²) < 4.78 is 10.4. The van der Waals surface area contributed by atoms with E-state index in [0.717, 1.165) is 12.8 Å². The first-order chi connectivity index (χ1) is 9.66. The average molecular weight is 298 g/mol. The van der Waals surface area contributed by atoms with Gasteiger partial charge in [0.25, 0.3) is 0 Å². The molecule has 0 aliphatic carbocycles. The van der Waals surface area contributed by atoms with Crippen LogP contribution >= 0.6 is 11.6 Å². The Morgan fingerprint density at radius 2 is 2.00 bits per heavy atom. The van der Waals surface area contributed by atoms with Gasteiger partial charge in [-0.05, 0) is 37.5 Å². The van der Waals surface area contributed by atoms with Crippen molar-refractivity contribution in [2.45, 2.75) is 25.2 Å². The second-order valence-corrected chi connectivity index (χ2v) is 5.41. The lowest BCUT2D eigenvalue weighted by Gasteiger charge is -2.37. The van der Waals surface area contributed by atoms with Crippen molar-refractivity contribution in [2.75, 3.05) is 26.4 Å². The molecule has 1 heterocycles. The lowest BCUT2D eigenvalue weighted by atomic mass is 9.74. The van der Waals surface area contributed by atoms with Gasteiger partial charge in [-0.2, -0.15) is 0 Å². The molecule has 1 aromatic rings. The van der Waals surface area contributed by atoms with Crippen LogP contribution in [0.5, 0.6) is 0 Å². The molecule has 0 saturated carbocycles. The zero-order valence-corrected chi connectivity index (χ0v) is 12.4. The molecule has 1 aliphatic rings. The van der Waals surface area contributed by atoms with Crippen LogP contribution in [0.15, 0.2) is 24.3 Å². The molecule has 0 radical (unpaired) electrons. The molecule has 110 valence electrons. The molecule has 1 aliphatic heterocycles. The second-order valence-electron chi connectivity index (χ2n) is 4.97. The van der Waals surface area contributed by atoms with Gasteiger partial charge in [0.2, 0.25) is 0 Å². The van der Waals surface area contributed by atoms with Crippen molar-refractivity contribution >= 4 is 17.7 Å². The molecule has 0 atom stereocenters. The number of hydrogen-bond donors (Lipinski definition) is 1. The molecule has 1 amide bonds. The summed E-state index contributed by atoms with van der Waals surface area (Å²) in [6, 6.07) is 7.83. The van der Waals surface area contributed by atoms with Crippen molar-refractivity contribution in [1.29, 1.82) is 0 Å². The predicted octanol–water partition coefficient (Wildman–Crippen LogP) is 3.13. The summed E-state index contributed by atoms with van der Waals surface area (Å²) >= 11 is 5.95. The fraction of sp³-hybridized carbons (Fsp3) is 0.533. The van der Waals surface area contributed by atoms with Crippen molar-refractivity contribution in [3.8, 4) is 0 Å². The molecule has 0 spiro atoms. The van der Waals surface area contributed by atoms with E-state index in [4.69, 9.17) is 21.1 Å². The topological polar surface area (TPSA) is 47.6 Å². The molecule has 20 heavy (non-hydrogen) atoms.